The molecule has 3 aromatic rings. The van der Waals surface area contributed by atoms with Crippen molar-refractivity contribution >= 4 is 23.2 Å². The van der Waals surface area contributed by atoms with Gasteiger partial charge in [-0.05, 0) is 42.5 Å². The highest BCUT2D eigenvalue weighted by Crippen LogP contribution is 2.29. The number of carbonyl (C=O) groups excluding carboxylic acids is 3. The maximum Gasteiger partial charge on any atom is 0.262 e. The Hall–Kier alpha value is -3.80. The zero-order valence-corrected chi connectivity index (χ0v) is 14.6. The monoisotopic (exact) mass is 375 g/mol. The van der Waals surface area contributed by atoms with Gasteiger partial charge in [-0.3, -0.25) is 14.4 Å². The van der Waals surface area contributed by atoms with Crippen molar-refractivity contribution < 1.29 is 23.5 Å². The van der Waals surface area contributed by atoms with E-state index in [-0.39, 0.29) is 23.7 Å². The fraction of sp³-hybridized carbons (Fsp3) is 0.0455. The molecule has 0 saturated heterocycles. The van der Waals surface area contributed by atoms with Crippen molar-refractivity contribution in [3.05, 3.63) is 94.8 Å². The Labute approximate surface area is 159 Å². The number of carbonyl (C=O) groups is 3. The molecule has 0 radical (unpaired) electrons. The molecule has 1 N–H and O–H groups in total. The second-order valence-corrected chi connectivity index (χ2v) is 6.25. The van der Waals surface area contributed by atoms with Crippen LogP contribution in [0.3, 0.4) is 0 Å². The Morgan fingerprint density at radius 2 is 1.43 bits per heavy atom. The van der Waals surface area contributed by atoms with Gasteiger partial charge in [0.25, 0.3) is 5.91 Å². The molecule has 28 heavy (non-hydrogen) atoms. The second-order valence-electron chi connectivity index (χ2n) is 6.25. The fourth-order valence-electron chi connectivity index (χ4n) is 3.05. The number of hydrogen-bond donors (Lipinski definition) is 1. The molecule has 0 aromatic heterocycles. The molecule has 0 aliphatic heterocycles. The minimum atomic E-state index is -0.433. The predicted octanol–water partition coefficient (Wildman–Crippen LogP) is 3.62. The Balaban J connectivity index is 1.48. The van der Waals surface area contributed by atoms with Crippen molar-refractivity contribution in [1.29, 1.82) is 0 Å². The van der Waals surface area contributed by atoms with Crippen LogP contribution in [0.4, 0.5) is 10.1 Å². The van der Waals surface area contributed by atoms with Gasteiger partial charge in [-0.1, -0.05) is 24.3 Å². The first-order valence-corrected chi connectivity index (χ1v) is 8.53. The van der Waals surface area contributed by atoms with Crippen molar-refractivity contribution in [3.63, 3.8) is 0 Å². The molecule has 0 bridgehead atoms. The van der Waals surface area contributed by atoms with E-state index in [0.29, 0.717) is 28.1 Å². The number of amides is 1. The van der Waals surface area contributed by atoms with Gasteiger partial charge in [-0.15, -0.1) is 0 Å². The lowest BCUT2D eigenvalue weighted by atomic mass is 9.84. The number of rotatable bonds is 4. The number of halogens is 1. The van der Waals surface area contributed by atoms with Crippen LogP contribution in [0.15, 0.2) is 66.7 Å². The van der Waals surface area contributed by atoms with E-state index in [2.05, 4.69) is 5.32 Å². The molecular formula is C22H14FNO4. The van der Waals surface area contributed by atoms with Crippen molar-refractivity contribution in [2.45, 2.75) is 0 Å². The molecule has 0 saturated carbocycles. The summed E-state index contributed by atoms with van der Waals surface area (Å²) < 4.78 is 18.3. The predicted molar refractivity (Wildman–Crippen MR) is 100 cm³/mol. The van der Waals surface area contributed by atoms with Crippen LogP contribution < -0.4 is 10.1 Å². The average molecular weight is 375 g/mol. The Bertz CT molecular complexity index is 1110. The van der Waals surface area contributed by atoms with Crippen LogP contribution in [0.1, 0.15) is 31.8 Å². The summed E-state index contributed by atoms with van der Waals surface area (Å²) in [5.74, 6) is -1.01. The number of ketones is 2. The van der Waals surface area contributed by atoms with E-state index in [9.17, 15) is 18.8 Å². The zero-order valence-electron chi connectivity index (χ0n) is 14.6. The Kier molecular flexibility index (Phi) is 4.45. The summed E-state index contributed by atoms with van der Waals surface area (Å²) in [6.07, 6.45) is 0. The van der Waals surface area contributed by atoms with Crippen molar-refractivity contribution in [3.8, 4) is 5.75 Å². The van der Waals surface area contributed by atoms with Crippen LogP contribution in [-0.4, -0.2) is 24.1 Å². The molecule has 0 spiro atoms. The van der Waals surface area contributed by atoms with Gasteiger partial charge >= 0.3 is 0 Å². The molecule has 0 atom stereocenters. The molecule has 4 rings (SSSR count). The molecule has 0 fully saturated rings. The largest absolute Gasteiger partial charge is 0.484 e. The van der Waals surface area contributed by atoms with E-state index < -0.39 is 11.7 Å². The fourth-order valence-corrected chi connectivity index (χ4v) is 3.05. The van der Waals surface area contributed by atoms with Crippen molar-refractivity contribution in [2.75, 3.05) is 11.9 Å². The molecule has 1 aliphatic carbocycles. The first kappa shape index (κ1) is 17.6. The third-order valence-electron chi connectivity index (χ3n) is 4.39. The summed E-state index contributed by atoms with van der Waals surface area (Å²) in [5, 5.41) is 2.58. The highest BCUT2D eigenvalue weighted by Gasteiger charge is 2.29. The minimum absolute atomic E-state index is 0.217. The van der Waals surface area contributed by atoms with Gasteiger partial charge in [0.2, 0.25) is 0 Å². The molecule has 1 amide bonds. The van der Waals surface area contributed by atoms with Crippen molar-refractivity contribution in [2.24, 2.45) is 0 Å². The van der Waals surface area contributed by atoms with Gasteiger partial charge in [0, 0.05) is 27.9 Å². The topological polar surface area (TPSA) is 72.5 Å². The van der Waals surface area contributed by atoms with E-state index in [1.807, 2.05) is 0 Å². The maximum absolute atomic E-state index is 12.9. The lowest BCUT2D eigenvalue weighted by Gasteiger charge is -2.18. The van der Waals surface area contributed by atoms with Gasteiger partial charge in [-0.2, -0.15) is 0 Å². The molecule has 5 nitrogen and oxygen atoms in total. The van der Waals surface area contributed by atoms with E-state index in [4.69, 9.17) is 4.74 Å². The molecule has 1 aliphatic rings. The summed E-state index contributed by atoms with van der Waals surface area (Å²) in [6.45, 7) is -0.297. The first-order chi connectivity index (χ1) is 13.5. The SMILES string of the molecule is O=C(COc1ccc2c(c1)C(=O)c1ccccc1C2=O)Nc1ccc(F)cc1. The standard InChI is InChI=1S/C22H14FNO4/c23-13-5-7-14(8-6-13)24-20(25)12-28-15-9-10-18-19(11-15)22(27)17-4-2-1-3-16(17)21(18)26/h1-11H,12H2,(H,24,25). The number of ether oxygens (including phenoxy) is 1. The highest BCUT2D eigenvalue weighted by atomic mass is 19.1. The van der Waals surface area contributed by atoms with Gasteiger partial charge in [0.1, 0.15) is 11.6 Å². The van der Waals surface area contributed by atoms with E-state index in [1.54, 1.807) is 30.3 Å². The van der Waals surface area contributed by atoms with E-state index in [1.165, 1.54) is 36.4 Å². The molecule has 0 unspecified atom stereocenters. The quantitative estimate of drug-likeness (QED) is 0.591. The van der Waals surface area contributed by atoms with Gasteiger partial charge in [0.15, 0.2) is 18.2 Å². The number of anilines is 1. The molecule has 3 aromatic carbocycles. The van der Waals surface area contributed by atoms with E-state index >= 15 is 0 Å². The second kappa shape index (κ2) is 7.08. The van der Waals surface area contributed by atoms with Crippen LogP contribution in [0.5, 0.6) is 5.75 Å². The van der Waals surface area contributed by atoms with E-state index in [0.717, 1.165) is 0 Å². The van der Waals surface area contributed by atoms with Gasteiger partial charge < -0.3 is 10.1 Å². The van der Waals surface area contributed by atoms with Crippen LogP contribution in [0.2, 0.25) is 0 Å². The molecular weight excluding hydrogens is 361 g/mol. The third-order valence-corrected chi connectivity index (χ3v) is 4.39. The molecule has 0 heterocycles. The first-order valence-electron chi connectivity index (χ1n) is 8.53. The summed E-state index contributed by atoms with van der Waals surface area (Å²) in [4.78, 5) is 37.3. The van der Waals surface area contributed by atoms with Crippen LogP contribution >= 0.6 is 0 Å². The maximum atomic E-state index is 12.9. The number of fused-ring (bicyclic) bond motifs is 2. The Morgan fingerprint density at radius 1 is 0.821 bits per heavy atom. The number of nitrogens with one attached hydrogen (secondary N) is 1. The lowest BCUT2D eigenvalue weighted by molar-refractivity contribution is -0.118. The highest BCUT2D eigenvalue weighted by molar-refractivity contribution is 6.28. The average Bonchev–Trinajstić information content (AvgIpc) is 2.72. The summed E-state index contributed by atoms with van der Waals surface area (Å²) in [7, 11) is 0. The number of benzene rings is 3. The van der Waals surface area contributed by atoms with Crippen LogP contribution in [0.25, 0.3) is 0 Å². The van der Waals surface area contributed by atoms with Crippen LogP contribution in [0, 0.1) is 5.82 Å². The smallest absolute Gasteiger partial charge is 0.262 e. The number of hydrogen-bond acceptors (Lipinski definition) is 4. The van der Waals surface area contributed by atoms with Crippen molar-refractivity contribution in [1.82, 2.24) is 0 Å². The minimum Gasteiger partial charge on any atom is -0.484 e. The van der Waals surface area contributed by atoms with Gasteiger partial charge in [-0.25, -0.2) is 4.39 Å². The third kappa shape index (κ3) is 3.27. The zero-order chi connectivity index (χ0) is 19.7. The Morgan fingerprint density at radius 3 is 2.11 bits per heavy atom. The lowest BCUT2D eigenvalue weighted by Crippen LogP contribution is -2.22. The molecule has 138 valence electrons. The van der Waals surface area contributed by atoms with Gasteiger partial charge in [0.05, 0.1) is 0 Å². The summed E-state index contributed by atoms with van der Waals surface area (Å²) in [5.41, 5.74) is 1.74. The molecule has 6 heteroatoms. The summed E-state index contributed by atoms with van der Waals surface area (Å²) >= 11 is 0. The summed E-state index contributed by atoms with van der Waals surface area (Å²) in [6, 6.07) is 16.5. The normalized spacial score (nSPS) is 12.2. The van der Waals surface area contributed by atoms with Crippen LogP contribution in [-0.2, 0) is 4.79 Å².